The summed E-state index contributed by atoms with van der Waals surface area (Å²) in [6.07, 6.45) is 0.413. The van der Waals surface area contributed by atoms with E-state index in [9.17, 15) is 4.79 Å². The molecule has 0 aliphatic carbocycles. The molecule has 0 aromatic heterocycles. The first-order chi connectivity index (χ1) is 14.0. The van der Waals surface area contributed by atoms with Gasteiger partial charge in [0.1, 0.15) is 12.4 Å². The van der Waals surface area contributed by atoms with Crippen LogP contribution in [0.3, 0.4) is 0 Å². The van der Waals surface area contributed by atoms with Crippen molar-refractivity contribution in [2.75, 3.05) is 39.5 Å². The lowest BCUT2D eigenvalue weighted by Gasteiger charge is -2.28. The van der Waals surface area contributed by atoms with Crippen LogP contribution in [0.2, 0.25) is 0 Å². The second-order valence-corrected chi connectivity index (χ2v) is 7.98. The van der Waals surface area contributed by atoms with Crippen LogP contribution in [-0.2, 0) is 26.3 Å². The van der Waals surface area contributed by atoms with Crippen molar-refractivity contribution in [3.8, 4) is 5.75 Å². The van der Waals surface area contributed by atoms with E-state index in [2.05, 4.69) is 38.1 Å². The molecule has 1 saturated heterocycles. The van der Waals surface area contributed by atoms with Gasteiger partial charge < -0.3 is 19.1 Å². The summed E-state index contributed by atoms with van der Waals surface area (Å²) in [6, 6.07) is 18.3. The summed E-state index contributed by atoms with van der Waals surface area (Å²) in [5.41, 5.74) is 2.13. The summed E-state index contributed by atoms with van der Waals surface area (Å²) in [5.74, 6) is 0.990. The van der Waals surface area contributed by atoms with Gasteiger partial charge in [0.25, 0.3) is 0 Å². The summed E-state index contributed by atoms with van der Waals surface area (Å²) in [4.78, 5) is 14.1. The Labute approximate surface area is 173 Å². The van der Waals surface area contributed by atoms with Crippen LogP contribution in [0.5, 0.6) is 5.75 Å². The van der Waals surface area contributed by atoms with Crippen molar-refractivity contribution in [2.45, 2.75) is 32.3 Å². The highest BCUT2D eigenvalue weighted by molar-refractivity contribution is 5.76. The molecule has 0 radical (unpaired) electrons. The fourth-order valence-corrected chi connectivity index (χ4v) is 3.29. The Bertz CT molecular complexity index is 769. The fourth-order valence-electron chi connectivity index (χ4n) is 3.29. The molecule has 0 spiro atoms. The van der Waals surface area contributed by atoms with Gasteiger partial charge in [0.15, 0.2) is 0 Å². The largest absolute Gasteiger partial charge is 0.489 e. The maximum atomic E-state index is 12.2. The quantitative estimate of drug-likeness (QED) is 0.604. The maximum Gasteiger partial charge on any atom is 0.225 e. The van der Waals surface area contributed by atoms with Crippen molar-refractivity contribution in [2.24, 2.45) is 0 Å². The van der Waals surface area contributed by atoms with Gasteiger partial charge in [-0.2, -0.15) is 0 Å². The van der Waals surface area contributed by atoms with E-state index in [1.165, 1.54) is 0 Å². The minimum Gasteiger partial charge on any atom is -0.489 e. The molecule has 5 heteroatoms. The highest BCUT2D eigenvalue weighted by Gasteiger charge is 2.22. The molecule has 0 unspecified atom stereocenters. The summed E-state index contributed by atoms with van der Waals surface area (Å²) in [6.45, 7) is 8.44. The number of benzene rings is 2. The number of nitrogens with zero attached hydrogens (tertiary/aromatic N) is 1. The molecule has 1 heterocycles. The number of amides is 1. The molecule has 29 heavy (non-hydrogen) atoms. The Morgan fingerprint density at radius 1 is 1.07 bits per heavy atom. The second-order valence-electron chi connectivity index (χ2n) is 7.98. The van der Waals surface area contributed by atoms with E-state index in [0.717, 1.165) is 16.9 Å². The standard InChI is InChI=1S/C24H31NO4/c1-24(2,19-28-14-11-23(26)25-12-15-27-16-13-25)21-9-6-10-22(17-21)29-18-20-7-4-3-5-8-20/h3-10,17H,11-16,18-19H2,1-2H3. The van der Waals surface area contributed by atoms with Crippen LogP contribution >= 0.6 is 0 Å². The predicted octanol–water partition coefficient (Wildman–Crippen LogP) is 3.81. The molecule has 0 N–H and O–H groups in total. The van der Waals surface area contributed by atoms with Crippen molar-refractivity contribution < 1.29 is 19.0 Å². The highest BCUT2D eigenvalue weighted by atomic mass is 16.5. The first kappa shape index (κ1) is 21.3. The van der Waals surface area contributed by atoms with Crippen molar-refractivity contribution >= 4 is 5.91 Å². The Morgan fingerprint density at radius 2 is 1.83 bits per heavy atom. The average molecular weight is 398 g/mol. The van der Waals surface area contributed by atoms with Crippen molar-refractivity contribution in [3.05, 3.63) is 65.7 Å². The van der Waals surface area contributed by atoms with Gasteiger partial charge in [-0.25, -0.2) is 0 Å². The Kier molecular flexibility index (Phi) is 7.67. The van der Waals surface area contributed by atoms with Crippen LogP contribution in [0.15, 0.2) is 54.6 Å². The van der Waals surface area contributed by atoms with E-state index in [1.807, 2.05) is 35.2 Å². The molecule has 3 rings (SSSR count). The molecule has 156 valence electrons. The summed E-state index contributed by atoms with van der Waals surface area (Å²) < 4.78 is 17.1. The van der Waals surface area contributed by atoms with Gasteiger partial charge in [-0.15, -0.1) is 0 Å². The van der Waals surface area contributed by atoms with Gasteiger partial charge in [0.05, 0.1) is 32.8 Å². The number of ether oxygens (including phenoxy) is 3. The van der Waals surface area contributed by atoms with Gasteiger partial charge in [0.2, 0.25) is 5.91 Å². The summed E-state index contributed by atoms with van der Waals surface area (Å²) in [7, 11) is 0. The molecular weight excluding hydrogens is 366 g/mol. The van der Waals surface area contributed by atoms with E-state index in [4.69, 9.17) is 14.2 Å². The number of hydrogen-bond acceptors (Lipinski definition) is 4. The van der Waals surface area contributed by atoms with Crippen LogP contribution < -0.4 is 4.74 Å². The molecule has 0 bridgehead atoms. The minimum absolute atomic E-state index is 0.141. The first-order valence-electron chi connectivity index (χ1n) is 10.3. The van der Waals surface area contributed by atoms with Gasteiger partial charge in [-0.1, -0.05) is 56.3 Å². The van der Waals surface area contributed by atoms with Crippen LogP contribution in [0, 0.1) is 0 Å². The first-order valence-corrected chi connectivity index (χ1v) is 10.3. The lowest BCUT2D eigenvalue weighted by molar-refractivity contribution is -0.136. The Balaban J connectivity index is 1.46. The molecule has 0 saturated carbocycles. The third-order valence-electron chi connectivity index (χ3n) is 5.15. The third kappa shape index (κ3) is 6.58. The molecular formula is C24H31NO4. The molecule has 0 atom stereocenters. The summed E-state index contributed by atoms with van der Waals surface area (Å²) in [5, 5.41) is 0. The molecule has 2 aromatic rings. The molecule has 1 aliphatic rings. The van der Waals surface area contributed by atoms with E-state index in [1.54, 1.807) is 0 Å². The monoisotopic (exact) mass is 397 g/mol. The van der Waals surface area contributed by atoms with Gasteiger partial charge in [-0.3, -0.25) is 4.79 Å². The Hall–Kier alpha value is -2.37. The molecule has 2 aromatic carbocycles. The predicted molar refractivity (Wildman–Crippen MR) is 113 cm³/mol. The highest BCUT2D eigenvalue weighted by Crippen LogP contribution is 2.27. The second kappa shape index (κ2) is 10.4. The number of rotatable bonds is 9. The third-order valence-corrected chi connectivity index (χ3v) is 5.15. The number of morpholine rings is 1. The van der Waals surface area contributed by atoms with Gasteiger partial charge in [0, 0.05) is 18.5 Å². The van der Waals surface area contributed by atoms with Crippen molar-refractivity contribution in [1.29, 1.82) is 0 Å². The molecule has 1 amide bonds. The lowest BCUT2D eigenvalue weighted by atomic mass is 9.85. The van der Waals surface area contributed by atoms with E-state index < -0.39 is 0 Å². The average Bonchev–Trinajstić information content (AvgIpc) is 2.77. The minimum atomic E-state index is -0.172. The molecule has 1 aliphatic heterocycles. The van der Waals surface area contributed by atoms with Crippen LogP contribution in [0.25, 0.3) is 0 Å². The number of carbonyl (C=O) groups excluding carboxylic acids is 1. The van der Waals surface area contributed by atoms with Gasteiger partial charge in [-0.05, 0) is 23.3 Å². The SMILES string of the molecule is CC(C)(COCCC(=O)N1CCOCC1)c1cccc(OCc2ccccc2)c1. The number of hydrogen-bond donors (Lipinski definition) is 0. The fraction of sp³-hybridized carbons (Fsp3) is 0.458. The lowest BCUT2D eigenvalue weighted by Crippen LogP contribution is -2.41. The summed E-state index contributed by atoms with van der Waals surface area (Å²) >= 11 is 0. The topological polar surface area (TPSA) is 48.0 Å². The van der Waals surface area contributed by atoms with E-state index in [-0.39, 0.29) is 11.3 Å². The van der Waals surface area contributed by atoms with E-state index >= 15 is 0 Å². The Morgan fingerprint density at radius 3 is 2.59 bits per heavy atom. The molecule has 1 fully saturated rings. The molecule has 5 nitrogen and oxygen atoms in total. The maximum absolute atomic E-state index is 12.2. The van der Waals surface area contributed by atoms with Crippen LogP contribution in [0.1, 0.15) is 31.4 Å². The normalized spacial score (nSPS) is 14.6. The van der Waals surface area contributed by atoms with Crippen LogP contribution in [0.4, 0.5) is 0 Å². The van der Waals surface area contributed by atoms with Crippen molar-refractivity contribution in [1.82, 2.24) is 4.90 Å². The smallest absolute Gasteiger partial charge is 0.225 e. The zero-order valence-electron chi connectivity index (χ0n) is 17.4. The van der Waals surface area contributed by atoms with Crippen molar-refractivity contribution in [3.63, 3.8) is 0 Å². The number of carbonyl (C=O) groups is 1. The van der Waals surface area contributed by atoms with E-state index in [0.29, 0.717) is 52.5 Å². The zero-order chi connectivity index (χ0) is 20.5. The zero-order valence-corrected chi connectivity index (χ0v) is 17.4. The van der Waals surface area contributed by atoms with Crippen LogP contribution in [-0.4, -0.2) is 50.3 Å². The van der Waals surface area contributed by atoms with Gasteiger partial charge >= 0.3 is 0 Å².